The van der Waals surface area contributed by atoms with E-state index in [1.54, 1.807) is 0 Å². The molecule has 0 spiro atoms. The van der Waals surface area contributed by atoms with E-state index < -0.39 is 0 Å². The van der Waals surface area contributed by atoms with Gasteiger partial charge in [-0.15, -0.1) is 0 Å². The summed E-state index contributed by atoms with van der Waals surface area (Å²) in [7, 11) is 0. The van der Waals surface area contributed by atoms with Gasteiger partial charge in [0.1, 0.15) is 10.0 Å². The van der Waals surface area contributed by atoms with Crippen molar-refractivity contribution in [2.45, 2.75) is 22.9 Å². The first kappa shape index (κ1) is 6.05. The molecule has 42 valence electrons. The highest BCUT2D eigenvalue weighted by Crippen LogP contribution is 2.26. The van der Waals surface area contributed by atoms with Crippen LogP contribution in [0.5, 0.6) is 0 Å². The third-order valence-corrected chi connectivity index (χ3v) is 2.26. The fourth-order valence-corrected chi connectivity index (χ4v) is 1.90. The van der Waals surface area contributed by atoms with E-state index >= 15 is 0 Å². The molecule has 0 aromatic carbocycles. The molecule has 0 radical (unpaired) electrons. The third kappa shape index (κ3) is 1.70. The average molecular weight is 230 g/mol. The fraction of sp³-hybridized carbons (Fsp3) is 1.00. The zero-order chi connectivity index (χ0) is 5.28. The molecule has 0 aromatic heterocycles. The summed E-state index contributed by atoms with van der Waals surface area (Å²) in [4.78, 5) is 0. The molecule has 3 heteroatoms. The minimum atomic E-state index is 0.289. The van der Waals surface area contributed by atoms with Gasteiger partial charge in [0.25, 0.3) is 0 Å². The van der Waals surface area contributed by atoms with E-state index in [1.807, 2.05) is 0 Å². The topological polar surface area (TPSA) is 9.23 Å². The molecule has 1 nitrogen and oxygen atoms in total. The highest BCUT2D eigenvalue weighted by atomic mass is 79.9. The Labute approximate surface area is 59.7 Å². The second-order valence-electron chi connectivity index (χ2n) is 1.53. The van der Waals surface area contributed by atoms with Crippen LogP contribution in [0.1, 0.15) is 12.8 Å². The first-order valence-electron chi connectivity index (χ1n) is 2.22. The molecule has 0 aliphatic carbocycles. The second kappa shape index (κ2) is 2.46. The smallest absolute Gasteiger partial charge is 0.114 e. The van der Waals surface area contributed by atoms with Gasteiger partial charge < -0.3 is 4.74 Å². The Morgan fingerprint density at radius 1 is 1.14 bits per heavy atom. The first-order chi connectivity index (χ1) is 3.29. The Bertz CT molecular complexity index is 58.7. The van der Waals surface area contributed by atoms with Crippen LogP contribution in [0.3, 0.4) is 0 Å². The van der Waals surface area contributed by atoms with Gasteiger partial charge in [0.05, 0.1) is 0 Å². The summed E-state index contributed by atoms with van der Waals surface area (Å²) in [5.74, 6) is 0. The molecule has 1 aliphatic heterocycles. The number of ether oxygens (including phenoxy) is 1. The summed E-state index contributed by atoms with van der Waals surface area (Å²) >= 11 is 6.65. The van der Waals surface area contributed by atoms with E-state index in [0.29, 0.717) is 0 Å². The fourth-order valence-electron chi connectivity index (χ4n) is 0.558. The van der Waals surface area contributed by atoms with Crippen molar-refractivity contribution in [2.75, 3.05) is 0 Å². The van der Waals surface area contributed by atoms with Crippen LogP contribution in [0.4, 0.5) is 0 Å². The minimum Gasteiger partial charge on any atom is -0.353 e. The van der Waals surface area contributed by atoms with Crippen LogP contribution in [0, 0.1) is 0 Å². The maximum absolute atomic E-state index is 5.19. The molecule has 0 saturated carbocycles. The lowest BCUT2D eigenvalue weighted by Gasteiger charge is -1.98. The van der Waals surface area contributed by atoms with Crippen molar-refractivity contribution in [3.05, 3.63) is 0 Å². The highest BCUT2D eigenvalue weighted by molar-refractivity contribution is 9.10. The van der Waals surface area contributed by atoms with Crippen LogP contribution < -0.4 is 0 Å². The van der Waals surface area contributed by atoms with Crippen molar-refractivity contribution < 1.29 is 4.74 Å². The molecule has 2 atom stereocenters. The van der Waals surface area contributed by atoms with Crippen molar-refractivity contribution in [1.29, 1.82) is 0 Å². The lowest BCUT2D eigenvalue weighted by molar-refractivity contribution is 0.159. The predicted molar refractivity (Wildman–Crippen MR) is 35.7 cm³/mol. The average Bonchev–Trinajstić information content (AvgIpc) is 1.87. The molecule has 1 aliphatic rings. The van der Waals surface area contributed by atoms with Gasteiger partial charge in [0.2, 0.25) is 0 Å². The second-order valence-corrected chi connectivity index (χ2v) is 3.58. The van der Waals surface area contributed by atoms with E-state index in [1.165, 1.54) is 0 Å². The van der Waals surface area contributed by atoms with Crippen LogP contribution in [0.15, 0.2) is 0 Å². The van der Waals surface area contributed by atoms with Crippen molar-refractivity contribution >= 4 is 31.9 Å². The summed E-state index contributed by atoms with van der Waals surface area (Å²) in [6.07, 6.45) is 2.24. The standard InChI is InChI=1S/C4H6Br2O/c5-3-1-2-4(6)7-3/h3-4H,1-2H2. The molecule has 2 unspecified atom stereocenters. The van der Waals surface area contributed by atoms with E-state index in [2.05, 4.69) is 31.9 Å². The molecule has 0 amide bonds. The van der Waals surface area contributed by atoms with Gasteiger partial charge in [-0.05, 0) is 12.8 Å². The lowest BCUT2D eigenvalue weighted by atomic mass is 10.4. The molecular formula is C4H6Br2O. The van der Waals surface area contributed by atoms with E-state index in [-0.39, 0.29) is 10.0 Å². The van der Waals surface area contributed by atoms with Crippen LogP contribution in [0.2, 0.25) is 0 Å². The Balaban J connectivity index is 2.26. The Hall–Kier alpha value is 0.920. The van der Waals surface area contributed by atoms with Crippen LogP contribution in [-0.4, -0.2) is 10.0 Å². The van der Waals surface area contributed by atoms with Gasteiger partial charge in [-0.3, -0.25) is 0 Å². The van der Waals surface area contributed by atoms with Crippen molar-refractivity contribution in [3.8, 4) is 0 Å². The van der Waals surface area contributed by atoms with E-state index in [0.717, 1.165) is 12.8 Å². The van der Waals surface area contributed by atoms with Gasteiger partial charge in [0.15, 0.2) is 0 Å². The largest absolute Gasteiger partial charge is 0.353 e. The van der Waals surface area contributed by atoms with E-state index in [4.69, 9.17) is 4.74 Å². The third-order valence-electron chi connectivity index (χ3n) is 0.916. The summed E-state index contributed by atoms with van der Waals surface area (Å²) in [6.45, 7) is 0. The minimum absolute atomic E-state index is 0.289. The molecule has 0 aromatic rings. The SMILES string of the molecule is BrC1CCC(Br)O1. The summed E-state index contributed by atoms with van der Waals surface area (Å²) in [5.41, 5.74) is 0. The molecule has 1 heterocycles. The Morgan fingerprint density at radius 3 is 1.71 bits per heavy atom. The predicted octanol–water partition coefficient (Wildman–Crippen LogP) is 2.24. The van der Waals surface area contributed by atoms with Crippen LogP contribution in [-0.2, 0) is 4.74 Å². The molecular weight excluding hydrogens is 224 g/mol. The zero-order valence-electron chi connectivity index (χ0n) is 3.73. The maximum atomic E-state index is 5.19. The Morgan fingerprint density at radius 2 is 1.57 bits per heavy atom. The Kier molecular flexibility index (Phi) is 2.13. The normalized spacial score (nSPS) is 42.0. The quantitative estimate of drug-likeness (QED) is 0.579. The van der Waals surface area contributed by atoms with Gasteiger partial charge in [-0.25, -0.2) is 0 Å². The van der Waals surface area contributed by atoms with Crippen LogP contribution in [0.25, 0.3) is 0 Å². The number of hydrogen-bond donors (Lipinski definition) is 0. The summed E-state index contributed by atoms with van der Waals surface area (Å²) < 4.78 is 5.19. The summed E-state index contributed by atoms with van der Waals surface area (Å²) in [5, 5.41) is 0.578. The number of halogens is 2. The van der Waals surface area contributed by atoms with Gasteiger partial charge in [0, 0.05) is 0 Å². The van der Waals surface area contributed by atoms with Crippen molar-refractivity contribution in [1.82, 2.24) is 0 Å². The molecule has 1 fully saturated rings. The van der Waals surface area contributed by atoms with Crippen molar-refractivity contribution in [2.24, 2.45) is 0 Å². The molecule has 1 saturated heterocycles. The monoisotopic (exact) mass is 228 g/mol. The molecule has 7 heavy (non-hydrogen) atoms. The van der Waals surface area contributed by atoms with Gasteiger partial charge >= 0.3 is 0 Å². The molecule has 0 N–H and O–H groups in total. The maximum Gasteiger partial charge on any atom is 0.114 e. The first-order valence-corrected chi connectivity index (χ1v) is 4.06. The number of alkyl halides is 2. The van der Waals surface area contributed by atoms with Crippen molar-refractivity contribution in [3.63, 3.8) is 0 Å². The summed E-state index contributed by atoms with van der Waals surface area (Å²) in [6, 6.07) is 0. The number of hydrogen-bond acceptors (Lipinski definition) is 1. The van der Waals surface area contributed by atoms with Gasteiger partial charge in [-0.2, -0.15) is 0 Å². The highest BCUT2D eigenvalue weighted by Gasteiger charge is 2.19. The van der Waals surface area contributed by atoms with E-state index in [9.17, 15) is 0 Å². The number of rotatable bonds is 0. The van der Waals surface area contributed by atoms with Gasteiger partial charge in [-0.1, -0.05) is 31.9 Å². The lowest BCUT2D eigenvalue weighted by Crippen LogP contribution is -1.95. The molecule has 1 rings (SSSR count). The molecule has 0 bridgehead atoms. The zero-order valence-corrected chi connectivity index (χ0v) is 6.91. The van der Waals surface area contributed by atoms with Crippen LogP contribution >= 0.6 is 31.9 Å².